The number of ether oxygens (including phenoxy) is 1. The lowest BCUT2D eigenvalue weighted by Gasteiger charge is -2.19. The molecular formula is C25H33N3O7. The molecule has 10 heteroatoms. The summed E-state index contributed by atoms with van der Waals surface area (Å²) in [6, 6.07) is 10.4. The molecule has 0 aliphatic rings. The number of carbonyl (C=O) groups excluding carboxylic acids is 4. The van der Waals surface area contributed by atoms with Gasteiger partial charge in [0, 0.05) is 5.56 Å². The fourth-order valence-corrected chi connectivity index (χ4v) is 3.55. The fraction of sp³-hybridized carbons (Fsp3) is 0.440. The van der Waals surface area contributed by atoms with Gasteiger partial charge in [-0.3, -0.25) is 24.4 Å². The van der Waals surface area contributed by atoms with Gasteiger partial charge in [-0.2, -0.15) is 0 Å². The van der Waals surface area contributed by atoms with Crippen LogP contribution in [0, 0.1) is 5.92 Å². The van der Waals surface area contributed by atoms with Crippen LogP contribution in [0.4, 0.5) is 0 Å². The predicted octanol–water partition coefficient (Wildman–Crippen LogP) is 3.07. The van der Waals surface area contributed by atoms with E-state index in [1.165, 1.54) is 13.2 Å². The highest BCUT2D eigenvalue weighted by Gasteiger charge is 2.21. The van der Waals surface area contributed by atoms with E-state index in [-0.39, 0.29) is 37.3 Å². The van der Waals surface area contributed by atoms with E-state index >= 15 is 0 Å². The van der Waals surface area contributed by atoms with E-state index in [0.29, 0.717) is 22.8 Å². The molecule has 0 saturated heterocycles. The molecule has 0 saturated carbocycles. The van der Waals surface area contributed by atoms with Crippen LogP contribution in [0.5, 0.6) is 0 Å². The third-order valence-electron chi connectivity index (χ3n) is 5.62. The Bertz CT molecular complexity index is 1000. The van der Waals surface area contributed by atoms with E-state index < -0.39 is 17.7 Å². The number of hydrogen-bond donors (Lipinski definition) is 3. The molecule has 1 aromatic heterocycles. The molecule has 0 aliphatic carbocycles. The van der Waals surface area contributed by atoms with Gasteiger partial charge in [0.2, 0.25) is 12.3 Å². The molecule has 190 valence electrons. The molecule has 0 bridgehead atoms. The van der Waals surface area contributed by atoms with Crippen molar-refractivity contribution in [1.29, 1.82) is 0 Å². The van der Waals surface area contributed by atoms with Gasteiger partial charge in [-0.15, -0.1) is 0 Å². The molecule has 1 heterocycles. The Morgan fingerprint density at radius 2 is 1.94 bits per heavy atom. The summed E-state index contributed by atoms with van der Waals surface area (Å²) in [6.07, 6.45) is 3.44. The molecule has 0 aliphatic heterocycles. The van der Waals surface area contributed by atoms with Gasteiger partial charge < -0.3 is 19.8 Å². The lowest BCUT2D eigenvalue weighted by Crippen LogP contribution is -2.42. The molecule has 2 atom stereocenters. The number of nitrogens with zero attached hydrogens (tertiary/aromatic N) is 1. The molecule has 35 heavy (non-hydrogen) atoms. The highest BCUT2D eigenvalue weighted by atomic mass is 16.5. The number of amides is 3. The van der Waals surface area contributed by atoms with Crippen molar-refractivity contribution in [2.45, 2.75) is 45.4 Å². The third kappa shape index (κ3) is 8.25. The van der Waals surface area contributed by atoms with Crippen LogP contribution in [0.3, 0.4) is 0 Å². The minimum Gasteiger partial charge on any atom is -0.469 e. The van der Waals surface area contributed by atoms with Crippen LogP contribution in [0.2, 0.25) is 0 Å². The summed E-state index contributed by atoms with van der Waals surface area (Å²) in [7, 11) is 1.33. The smallest absolute Gasteiger partial charge is 0.312 e. The quantitative estimate of drug-likeness (QED) is 0.0929. The molecule has 1 unspecified atom stereocenters. The Morgan fingerprint density at radius 3 is 2.63 bits per heavy atom. The number of methoxy groups -OCH3 is 1. The minimum atomic E-state index is -0.594. The number of hydroxylamine groups is 2. The van der Waals surface area contributed by atoms with Crippen LogP contribution >= 0.6 is 0 Å². The van der Waals surface area contributed by atoms with Crippen LogP contribution in [-0.2, 0) is 19.1 Å². The molecule has 0 fully saturated rings. The molecule has 3 N–H and O–H groups in total. The Hall–Kier alpha value is -3.66. The first kappa shape index (κ1) is 27.6. The van der Waals surface area contributed by atoms with Gasteiger partial charge in [-0.25, -0.2) is 5.06 Å². The number of furan rings is 1. The second kappa shape index (κ2) is 13.9. The number of benzene rings is 1. The van der Waals surface area contributed by atoms with Gasteiger partial charge in [0.25, 0.3) is 5.91 Å². The van der Waals surface area contributed by atoms with Crippen molar-refractivity contribution < 1.29 is 33.5 Å². The summed E-state index contributed by atoms with van der Waals surface area (Å²) in [5, 5.41) is 15.1. The number of esters is 1. The van der Waals surface area contributed by atoms with Crippen molar-refractivity contribution in [2.75, 3.05) is 20.3 Å². The maximum absolute atomic E-state index is 12.5. The van der Waals surface area contributed by atoms with Gasteiger partial charge in [-0.05, 0) is 37.1 Å². The molecule has 0 spiro atoms. The van der Waals surface area contributed by atoms with E-state index in [1.54, 1.807) is 31.2 Å². The Morgan fingerprint density at radius 1 is 1.17 bits per heavy atom. The van der Waals surface area contributed by atoms with Crippen molar-refractivity contribution in [2.24, 2.45) is 5.92 Å². The monoisotopic (exact) mass is 487 g/mol. The topological polar surface area (TPSA) is 138 Å². The van der Waals surface area contributed by atoms with Gasteiger partial charge in [-0.1, -0.05) is 44.4 Å². The van der Waals surface area contributed by atoms with Crippen molar-refractivity contribution in [3.8, 4) is 11.3 Å². The second-order valence-electron chi connectivity index (χ2n) is 8.18. The number of unbranched alkanes of at least 4 members (excludes halogenated alkanes) is 2. The average Bonchev–Trinajstić information content (AvgIpc) is 3.37. The SMILES string of the molecule is CCCCC[C@H](CN(O)C=O)C(=O)NCNC(=O)c1ccc(-c2cccc(C(C)C(=O)OC)c2)o1. The van der Waals surface area contributed by atoms with Crippen LogP contribution in [0.1, 0.15) is 61.6 Å². The van der Waals surface area contributed by atoms with Crippen molar-refractivity contribution >= 4 is 24.2 Å². The van der Waals surface area contributed by atoms with E-state index in [2.05, 4.69) is 10.6 Å². The summed E-state index contributed by atoms with van der Waals surface area (Å²) in [4.78, 5) is 47.5. The Kier molecular flexibility index (Phi) is 11.0. The maximum atomic E-state index is 12.5. The van der Waals surface area contributed by atoms with Crippen LogP contribution < -0.4 is 10.6 Å². The van der Waals surface area contributed by atoms with Crippen molar-refractivity contribution in [3.05, 3.63) is 47.7 Å². The zero-order valence-corrected chi connectivity index (χ0v) is 20.3. The maximum Gasteiger partial charge on any atom is 0.312 e. The van der Waals surface area contributed by atoms with Gasteiger partial charge in [0.05, 0.1) is 32.2 Å². The summed E-state index contributed by atoms with van der Waals surface area (Å²) >= 11 is 0. The van der Waals surface area contributed by atoms with Gasteiger partial charge >= 0.3 is 5.97 Å². The largest absolute Gasteiger partial charge is 0.469 e. The van der Waals surface area contributed by atoms with Gasteiger partial charge in [0.15, 0.2) is 5.76 Å². The first-order valence-electron chi connectivity index (χ1n) is 11.5. The molecule has 2 aromatic rings. The molecular weight excluding hydrogens is 454 g/mol. The summed E-state index contributed by atoms with van der Waals surface area (Å²) in [5.41, 5.74) is 1.45. The number of carbonyl (C=O) groups is 4. The number of nitrogens with one attached hydrogen (secondary N) is 2. The Balaban J connectivity index is 1.95. The number of hydrogen-bond acceptors (Lipinski definition) is 7. The third-order valence-corrected chi connectivity index (χ3v) is 5.62. The highest BCUT2D eigenvalue weighted by molar-refractivity contribution is 5.92. The van der Waals surface area contributed by atoms with E-state index in [9.17, 15) is 24.4 Å². The van der Waals surface area contributed by atoms with Gasteiger partial charge in [0.1, 0.15) is 5.76 Å². The zero-order valence-electron chi connectivity index (χ0n) is 20.3. The average molecular weight is 488 g/mol. The first-order valence-corrected chi connectivity index (χ1v) is 11.5. The van der Waals surface area contributed by atoms with Crippen LogP contribution in [0.15, 0.2) is 40.8 Å². The normalized spacial score (nSPS) is 12.3. The fourth-order valence-electron chi connectivity index (χ4n) is 3.55. The van der Waals surface area contributed by atoms with E-state index in [1.807, 2.05) is 13.0 Å². The predicted molar refractivity (Wildman–Crippen MR) is 127 cm³/mol. The summed E-state index contributed by atoms with van der Waals surface area (Å²) in [5.74, 6) is -1.78. The standard InChI is InChI=1S/C25H33N3O7/c1-4-5-6-8-20(14-28(33)16-29)23(30)26-15-27-24(31)22-12-11-21(35-22)19-10-7-9-18(13-19)17(2)25(32)34-3/h7,9-13,16-17,20,33H,4-6,8,14-15H2,1-3H3,(H,26,30)(H,27,31)/t17?,20-/m1/s1. The molecule has 3 amide bonds. The summed E-state index contributed by atoms with van der Waals surface area (Å²) in [6.45, 7) is 3.51. The Labute approximate surface area is 204 Å². The second-order valence-corrected chi connectivity index (χ2v) is 8.18. The van der Waals surface area contributed by atoms with Crippen LogP contribution in [0.25, 0.3) is 11.3 Å². The summed E-state index contributed by atoms with van der Waals surface area (Å²) < 4.78 is 10.5. The molecule has 10 nitrogen and oxygen atoms in total. The van der Waals surface area contributed by atoms with Crippen molar-refractivity contribution in [3.63, 3.8) is 0 Å². The van der Waals surface area contributed by atoms with E-state index in [0.717, 1.165) is 24.8 Å². The lowest BCUT2D eigenvalue weighted by atomic mass is 9.98. The molecule has 1 aromatic carbocycles. The van der Waals surface area contributed by atoms with Crippen LogP contribution in [-0.4, -0.2) is 54.8 Å². The number of rotatable bonds is 14. The molecule has 0 radical (unpaired) electrons. The molecule has 2 rings (SSSR count). The zero-order chi connectivity index (χ0) is 25.8. The minimum absolute atomic E-state index is 0.0580. The lowest BCUT2D eigenvalue weighted by molar-refractivity contribution is -0.154. The first-order chi connectivity index (χ1) is 16.8. The van der Waals surface area contributed by atoms with Crippen molar-refractivity contribution in [1.82, 2.24) is 15.7 Å². The highest BCUT2D eigenvalue weighted by Crippen LogP contribution is 2.26. The van der Waals surface area contributed by atoms with E-state index in [4.69, 9.17) is 9.15 Å².